The zero-order chi connectivity index (χ0) is 15.3. The molecule has 0 fully saturated rings. The molecule has 0 amide bonds. The molecule has 0 aliphatic rings. The normalized spacial score (nSPS) is 11.0. The van der Waals surface area contributed by atoms with Crippen LogP contribution in [0, 0.1) is 11.3 Å². The Morgan fingerprint density at radius 1 is 1.50 bits per heavy atom. The number of nitriles is 1. The van der Waals surface area contributed by atoms with Crippen molar-refractivity contribution in [2.24, 2.45) is 0 Å². The summed E-state index contributed by atoms with van der Waals surface area (Å²) in [5.74, 6) is -0.665. The molecule has 1 aromatic carbocycles. The summed E-state index contributed by atoms with van der Waals surface area (Å²) >= 11 is 3.70. The molecule has 8 heteroatoms. The maximum absolute atomic E-state index is 12.5. The first-order valence-electron chi connectivity index (χ1n) is 5.44. The van der Waals surface area contributed by atoms with Crippen LogP contribution in [0.2, 0.25) is 0 Å². The monoisotopic (exact) mass is 321 g/mol. The molecule has 0 N–H and O–H groups in total. The van der Waals surface area contributed by atoms with Crippen LogP contribution in [0.1, 0.15) is 18.1 Å². The minimum Gasteiger partial charge on any atom is -0.466 e. The highest BCUT2D eigenvalue weighted by atomic mass is 32.2. The van der Waals surface area contributed by atoms with Gasteiger partial charge in [-0.25, -0.2) is 0 Å². The van der Waals surface area contributed by atoms with E-state index in [0.717, 1.165) is 6.07 Å². The molecule has 0 atom stereocenters. The molecule has 0 aromatic heterocycles. The van der Waals surface area contributed by atoms with Crippen LogP contribution in [0.25, 0.3) is 0 Å². The van der Waals surface area contributed by atoms with Gasteiger partial charge in [0.05, 0.1) is 18.6 Å². The summed E-state index contributed by atoms with van der Waals surface area (Å²) in [6.07, 6.45) is -0.361. The van der Waals surface area contributed by atoms with Crippen molar-refractivity contribution in [3.8, 4) is 6.07 Å². The van der Waals surface area contributed by atoms with Gasteiger partial charge in [0.1, 0.15) is 6.07 Å². The third-order valence-corrected chi connectivity index (χ3v) is 3.56. The van der Waals surface area contributed by atoms with Gasteiger partial charge in [0.25, 0.3) is 0 Å². The first-order chi connectivity index (χ1) is 9.28. The summed E-state index contributed by atoms with van der Waals surface area (Å²) in [7, 11) is 0. The molecular formula is C12H10F3NO2S2. The van der Waals surface area contributed by atoms with E-state index in [2.05, 4.69) is 12.6 Å². The van der Waals surface area contributed by atoms with Crippen molar-refractivity contribution >= 4 is 30.4 Å². The van der Waals surface area contributed by atoms with Crippen molar-refractivity contribution in [2.75, 3.05) is 6.61 Å². The Labute approximate surface area is 123 Å². The number of alkyl halides is 3. The van der Waals surface area contributed by atoms with Crippen molar-refractivity contribution < 1.29 is 22.7 Å². The molecule has 20 heavy (non-hydrogen) atoms. The molecule has 3 nitrogen and oxygen atoms in total. The number of nitrogens with zero attached hydrogens (tertiary/aromatic N) is 1. The average Bonchev–Trinajstić information content (AvgIpc) is 2.32. The molecule has 0 radical (unpaired) electrons. The smallest absolute Gasteiger partial charge is 0.446 e. The summed E-state index contributed by atoms with van der Waals surface area (Å²) in [5.41, 5.74) is -4.33. The summed E-state index contributed by atoms with van der Waals surface area (Å²) in [5, 5.41) is 8.86. The van der Waals surface area contributed by atoms with E-state index in [1.54, 1.807) is 6.92 Å². The zero-order valence-corrected chi connectivity index (χ0v) is 12.0. The quantitative estimate of drug-likeness (QED) is 0.523. The minimum atomic E-state index is -4.49. The fourth-order valence-electron chi connectivity index (χ4n) is 1.46. The Morgan fingerprint density at radius 2 is 2.15 bits per heavy atom. The summed E-state index contributed by atoms with van der Waals surface area (Å²) in [6.45, 7) is 1.72. The molecule has 0 bridgehead atoms. The molecule has 0 spiro atoms. The molecule has 1 aromatic rings. The molecular weight excluding hydrogens is 311 g/mol. The van der Waals surface area contributed by atoms with Gasteiger partial charge in [-0.3, -0.25) is 4.79 Å². The minimum absolute atomic E-state index is 0.0492. The van der Waals surface area contributed by atoms with Crippen molar-refractivity contribution in [1.82, 2.24) is 0 Å². The predicted molar refractivity (Wildman–Crippen MR) is 70.7 cm³/mol. The second-order valence-corrected chi connectivity index (χ2v) is 5.13. The third-order valence-electron chi connectivity index (χ3n) is 2.21. The Hall–Kier alpha value is -1.33. The number of halogens is 3. The molecule has 0 heterocycles. The fourth-order valence-corrected chi connectivity index (χ4v) is 2.54. The fraction of sp³-hybridized carbons (Fsp3) is 0.333. The van der Waals surface area contributed by atoms with Gasteiger partial charge in [-0.15, -0.1) is 12.6 Å². The maximum Gasteiger partial charge on any atom is 0.446 e. The van der Waals surface area contributed by atoms with E-state index >= 15 is 0 Å². The van der Waals surface area contributed by atoms with E-state index in [1.807, 2.05) is 6.07 Å². The van der Waals surface area contributed by atoms with Gasteiger partial charge in [-0.1, -0.05) is 0 Å². The van der Waals surface area contributed by atoms with Gasteiger partial charge < -0.3 is 4.74 Å². The maximum atomic E-state index is 12.5. The lowest BCUT2D eigenvalue weighted by Gasteiger charge is -2.13. The number of carbonyl (C=O) groups is 1. The van der Waals surface area contributed by atoms with Gasteiger partial charge >= 0.3 is 11.5 Å². The number of hydrogen-bond acceptors (Lipinski definition) is 5. The third kappa shape index (κ3) is 4.65. The Kier molecular flexibility index (Phi) is 5.77. The Bertz CT molecular complexity index is 553. The number of carbonyl (C=O) groups excluding carboxylic acids is 1. The van der Waals surface area contributed by atoms with Crippen LogP contribution >= 0.6 is 24.4 Å². The zero-order valence-electron chi connectivity index (χ0n) is 10.3. The molecule has 108 valence electrons. The Balaban J connectivity index is 3.21. The van der Waals surface area contributed by atoms with Gasteiger partial charge in [-0.05, 0) is 36.4 Å². The van der Waals surface area contributed by atoms with Crippen LogP contribution in [0.4, 0.5) is 13.2 Å². The highest BCUT2D eigenvalue weighted by Gasteiger charge is 2.31. The topological polar surface area (TPSA) is 50.1 Å². The van der Waals surface area contributed by atoms with E-state index in [4.69, 9.17) is 10.00 Å². The predicted octanol–water partition coefficient (Wildman–Crippen LogP) is 3.56. The number of rotatable bonds is 4. The summed E-state index contributed by atoms with van der Waals surface area (Å²) in [4.78, 5) is 11.4. The van der Waals surface area contributed by atoms with Crippen LogP contribution in [0.5, 0.6) is 0 Å². The molecule has 0 saturated carbocycles. The first kappa shape index (κ1) is 16.7. The number of hydrogen-bond donors (Lipinski definition) is 1. The number of ether oxygens (including phenoxy) is 1. The summed E-state index contributed by atoms with van der Waals surface area (Å²) < 4.78 is 42.1. The molecule has 0 aliphatic carbocycles. The lowest BCUT2D eigenvalue weighted by Crippen LogP contribution is -2.10. The van der Waals surface area contributed by atoms with E-state index in [1.165, 1.54) is 6.07 Å². The number of thioether (sulfide) groups is 1. The average molecular weight is 321 g/mol. The van der Waals surface area contributed by atoms with Crippen molar-refractivity contribution in [3.63, 3.8) is 0 Å². The van der Waals surface area contributed by atoms with E-state index in [9.17, 15) is 18.0 Å². The van der Waals surface area contributed by atoms with Crippen LogP contribution in [0.15, 0.2) is 21.9 Å². The van der Waals surface area contributed by atoms with E-state index in [0.29, 0.717) is 0 Å². The van der Waals surface area contributed by atoms with Crippen molar-refractivity contribution in [2.45, 2.75) is 28.6 Å². The Morgan fingerprint density at radius 3 is 2.65 bits per heavy atom. The standard InChI is InChI=1S/C12H10F3NO2S2/c1-2-18-10(17)5-8-9(20-12(13,14)15)4-3-7(6-16)11(8)19/h3-4,19H,2,5H2,1H3. The highest BCUT2D eigenvalue weighted by molar-refractivity contribution is 8.00. The number of benzene rings is 1. The molecule has 0 aliphatic heterocycles. The van der Waals surface area contributed by atoms with Crippen LogP contribution in [-0.4, -0.2) is 18.1 Å². The molecule has 0 saturated heterocycles. The molecule has 1 rings (SSSR count). The van der Waals surface area contributed by atoms with Gasteiger partial charge in [0.2, 0.25) is 0 Å². The largest absolute Gasteiger partial charge is 0.466 e. The van der Waals surface area contributed by atoms with Crippen LogP contribution < -0.4 is 0 Å². The van der Waals surface area contributed by atoms with Gasteiger partial charge in [-0.2, -0.15) is 18.4 Å². The van der Waals surface area contributed by atoms with E-state index in [-0.39, 0.29) is 45.7 Å². The van der Waals surface area contributed by atoms with E-state index < -0.39 is 11.5 Å². The van der Waals surface area contributed by atoms with Crippen LogP contribution in [-0.2, 0) is 16.0 Å². The highest BCUT2D eigenvalue weighted by Crippen LogP contribution is 2.40. The second-order valence-electron chi connectivity index (χ2n) is 3.58. The number of thiol groups is 1. The van der Waals surface area contributed by atoms with Gasteiger partial charge in [0, 0.05) is 9.79 Å². The van der Waals surface area contributed by atoms with Crippen molar-refractivity contribution in [3.05, 3.63) is 23.3 Å². The van der Waals surface area contributed by atoms with Crippen LogP contribution in [0.3, 0.4) is 0 Å². The second kappa shape index (κ2) is 6.90. The molecule has 0 unspecified atom stereocenters. The van der Waals surface area contributed by atoms with Gasteiger partial charge in [0.15, 0.2) is 0 Å². The lowest BCUT2D eigenvalue weighted by atomic mass is 10.1. The lowest BCUT2D eigenvalue weighted by molar-refractivity contribution is -0.142. The van der Waals surface area contributed by atoms with Crippen molar-refractivity contribution in [1.29, 1.82) is 5.26 Å². The SMILES string of the molecule is CCOC(=O)Cc1c(SC(F)(F)F)ccc(C#N)c1S. The summed E-state index contributed by atoms with van der Waals surface area (Å²) in [6, 6.07) is 4.21. The first-order valence-corrected chi connectivity index (χ1v) is 6.71. The number of esters is 1.